The van der Waals surface area contributed by atoms with E-state index in [1.165, 1.54) is 5.56 Å². The molecule has 0 fully saturated rings. The van der Waals surface area contributed by atoms with Crippen LogP contribution >= 0.6 is 15.9 Å². The summed E-state index contributed by atoms with van der Waals surface area (Å²) >= 11 is 3.53. The molecule has 2 aromatic rings. The van der Waals surface area contributed by atoms with E-state index in [1.54, 1.807) is 10.9 Å². The van der Waals surface area contributed by atoms with Gasteiger partial charge in [0, 0.05) is 23.3 Å². The molecule has 2 rings (SSSR count). The lowest BCUT2D eigenvalue weighted by molar-refractivity contribution is 0.765. The van der Waals surface area contributed by atoms with Crippen LogP contribution in [-0.2, 0) is 7.05 Å². The van der Waals surface area contributed by atoms with Gasteiger partial charge in [0.25, 0.3) is 0 Å². The van der Waals surface area contributed by atoms with Gasteiger partial charge in [-0.15, -0.1) is 0 Å². The van der Waals surface area contributed by atoms with Crippen LogP contribution in [0.2, 0.25) is 0 Å². The van der Waals surface area contributed by atoms with Gasteiger partial charge in [0.1, 0.15) is 0 Å². The van der Waals surface area contributed by atoms with Crippen molar-refractivity contribution in [2.24, 2.45) is 12.8 Å². The van der Waals surface area contributed by atoms with Crippen LogP contribution in [-0.4, -0.2) is 9.78 Å². The van der Waals surface area contributed by atoms with Crippen molar-refractivity contribution in [1.82, 2.24) is 9.78 Å². The summed E-state index contributed by atoms with van der Waals surface area (Å²) in [5, 5.41) is 4.14. The summed E-state index contributed by atoms with van der Waals surface area (Å²) in [6.07, 6.45) is 3.75. The molecule has 0 spiro atoms. The van der Waals surface area contributed by atoms with Crippen molar-refractivity contribution in [2.75, 3.05) is 0 Å². The van der Waals surface area contributed by atoms with Crippen LogP contribution in [0.5, 0.6) is 0 Å². The third-order valence-corrected chi connectivity index (χ3v) is 3.29. The molecule has 1 unspecified atom stereocenters. The van der Waals surface area contributed by atoms with Gasteiger partial charge in [-0.2, -0.15) is 5.10 Å². The van der Waals surface area contributed by atoms with Gasteiger partial charge in [-0.05, 0) is 18.6 Å². The summed E-state index contributed by atoms with van der Waals surface area (Å²) in [7, 11) is 1.89. The maximum absolute atomic E-state index is 6.22. The number of benzene rings is 1. The monoisotopic (exact) mass is 279 g/mol. The first-order valence-corrected chi connectivity index (χ1v) is 5.87. The van der Waals surface area contributed by atoms with Gasteiger partial charge in [-0.3, -0.25) is 4.68 Å². The lowest BCUT2D eigenvalue weighted by Crippen LogP contribution is -2.12. The second-order valence-electron chi connectivity index (χ2n) is 3.95. The number of nitrogens with zero attached hydrogens (tertiary/aromatic N) is 2. The van der Waals surface area contributed by atoms with Gasteiger partial charge in [-0.1, -0.05) is 33.6 Å². The molecular formula is C12H14BrN3. The molecule has 0 amide bonds. The highest BCUT2D eigenvalue weighted by atomic mass is 79.9. The minimum Gasteiger partial charge on any atom is -0.320 e. The molecule has 84 valence electrons. The zero-order valence-corrected chi connectivity index (χ0v) is 10.9. The van der Waals surface area contributed by atoms with Crippen LogP contribution < -0.4 is 5.73 Å². The molecule has 2 N–H and O–H groups in total. The lowest BCUT2D eigenvalue weighted by Gasteiger charge is -2.12. The van der Waals surface area contributed by atoms with Crippen molar-refractivity contribution in [3.8, 4) is 0 Å². The standard InChI is InChI=1S/C12H14BrN3/c1-8-3-4-11(13)10(5-8)12(14)9-6-15-16(2)7-9/h3-7,12H,14H2,1-2H3. The van der Waals surface area contributed by atoms with Gasteiger partial charge in [0.15, 0.2) is 0 Å². The molecule has 0 aliphatic carbocycles. The molecule has 1 aromatic carbocycles. The van der Waals surface area contributed by atoms with Gasteiger partial charge < -0.3 is 5.73 Å². The second-order valence-corrected chi connectivity index (χ2v) is 4.80. The maximum atomic E-state index is 6.22. The van der Waals surface area contributed by atoms with E-state index in [4.69, 9.17) is 5.73 Å². The summed E-state index contributed by atoms with van der Waals surface area (Å²) in [5.74, 6) is 0. The van der Waals surface area contributed by atoms with Gasteiger partial charge in [-0.25, -0.2) is 0 Å². The number of aryl methyl sites for hydroxylation is 2. The van der Waals surface area contributed by atoms with Crippen molar-refractivity contribution in [1.29, 1.82) is 0 Å². The normalized spacial score (nSPS) is 12.8. The second kappa shape index (κ2) is 4.39. The minimum atomic E-state index is -0.136. The van der Waals surface area contributed by atoms with Crippen LogP contribution in [0, 0.1) is 6.92 Å². The first kappa shape index (κ1) is 11.4. The average molecular weight is 280 g/mol. The summed E-state index contributed by atoms with van der Waals surface area (Å²) in [5.41, 5.74) is 9.53. The first-order valence-electron chi connectivity index (χ1n) is 5.08. The fraction of sp³-hybridized carbons (Fsp3) is 0.250. The Morgan fingerprint density at radius 3 is 2.81 bits per heavy atom. The number of halogens is 1. The van der Waals surface area contributed by atoms with Crippen LogP contribution in [0.25, 0.3) is 0 Å². The highest BCUT2D eigenvalue weighted by Gasteiger charge is 2.13. The van der Waals surface area contributed by atoms with Gasteiger partial charge in [0.05, 0.1) is 12.2 Å². The molecule has 0 bridgehead atoms. The Hall–Kier alpha value is -1.13. The Morgan fingerprint density at radius 2 is 2.19 bits per heavy atom. The quantitative estimate of drug-likeness (QED) is 0.918. The van der Waals surface area contributed by atoms with Crippen molar-refractivity contribution in [3.63, 3.8) is 0 Å². The molecule has 1 heterocycles. The van der Waals surface area contributed by atoms with E-state index in [9.17, 15) is 0 Å². The fourth-order valence-electron chi connectivity index (χ4n) is 1.68. The van der Waals surface area contributed by atoms with E-state index >= 15 is 0 Å². The fourth-order valence-corrected chi connectivity index (χ4v) is 2.18. The zero-order valence-electron chi connectivity index (χ0n) is 9.31. The summed E-state index contributed by atoms with van der Waals surface area (Å²) in [6.45, 7) is 2.06. The number of nitrogens with two attached hydrogens (primary N) is 1. The Morgan fingerprint density at radius 1 is 1.44 bits per heavy atom. The highest BCUT2D eigenvalue weighted by molar-refractivity contribution is 9.10. The number of rotatable bonds is 2. The van der Waals surface area contributed by atoms with Crippen molar-refractivity contribution in [3.05, 3.63) is 51.8 Å². The third kappa shape index (κ3) is 2.18. The average Bonchev–Trinajstić information content (AvgIpc) is 2.67. The van der Waals surface area contributed by atoms with Gasteiger partial charge in [0.2, 0.25) is 0 Å². The van der Waals surface area contributed by atoms with Crippen molar-refractivity contribution >= 4 is 15.9 Å². The van der Waals surface area contributed by atoms with Crippen LogP contribution in [0.4, 0.5) is 0 Å². The SMILES string of the molecule is Cc1ccc(Br)c(C(N)c2cnn(C)c2)c1. The third-order valence-electron chi connectivity index (χ3n) is 2.57. The van der Waals surface area contributed by atoms with E-state index in [-0.39, 0.29) is 6.04 Å². The van der Waals surface area contributed by atoms with Crippen LogP contribution in [0.3, 0.4) is 0 Å². The topological polar surface area (TPSA) is 43.8 Å². The number of aromatic nitrogens is 2. The van der Waals surface area contributed by atoms with E-state index in [0.29, 0.717) is 0 Å². The Bertz CT molecular complexity index is 505. The number of hydrogen-bond acceptors (Lipinski definition) is 2. The molecule has 1 atom stereocenters. The highest BCUT2D eigenvalue weighted by Crippen LogP contribution is 2.27. The van der Waals surface area contributed by atoms with Gasteiger partial charge >= 0.3 is 0 Å². The molecular weight excluding hydrogens is 266 g/mol. The molecule has 0 saturated heterocycles. The molecule has 0 aliphatic heterocycles. The predicted octanol–water partition coefficient (Wildman–Crippen LogP) is 2.54. The molecule has 3 nitrogen and oxygen atoms in total. The van der Waals surface area contributed by atoms with Crippen LogP contribution in [0.1, 0.15) is 22.7 Å². The minimum absolute atomic E-state index is 0.136. The summed E-state index contributed by atoms with van der Waals surface area (Å²) < 4.78 is 2.80. The van der Waals surface area contributed by atoms with Crippen molar-refractivity contribution < 1.29 is 0 Å². The predicted molar refractivity (Wildman–Crippen MR) is 68.1 cm³/mol. The first-order chi connectivity index (χ1) is 7.58. The van der Waals surface area contributed by atoms with Crippen molar-refractivity contribution in [2.45, 2.75) is 13.0 Å². The lowest BCUT2D eigenvalue weighted by atomic mass is 10.0. The largest absolute Gasteiger partial charge is 0.320 e. The number of hydrogen-bond donors (Lipinski definition) is 1. The maximum Gasteiger partial charge on any atom is 0.0594 e. The summed E-state index contributed by atoms with van der Waals surface area (Å²) in [4.78, 5) is 0. The Balaban J connectivity index is 2.40. The van der Waals surface area contributed by atoms with E-state index in [1.807, 2.05) is 19.3 Å². The molecule has 0 saturated carbocycles. The summed E-state index contributed by atoms with van der Waals surface area (Å²) in [6, 6.07) is 6.05. The Labute approximate surface area is 103 Å². The molecule has 0 radical (unpaired) electrons. The molecule has 0 aliphatic rings. The van der Waals surface area contributed by atoms with E-state index in [2.05, 4.69) is 40.1 Å². The Kier molecular flexibility index (Phi) is 3.12. The van der Waals surface area contributed by atoms with E-state index in [0.717, 1.165) is 15.6 Å². The van der Waals surface area contributed by atoms with E-state index < -0.39 is 0 Å². The zero-order chi connectivity index (χ0) is 11.7. The molecule has 1 aromatic heterocycles. The molecule has 16 heavy (non-hydrogen) atoms. The molecule has 4 heteroatoms. The van der Waals surface area contributed by atoms with Crippen LogP contribution in [0.15, 0.2) is 35.1 Å². The smallest absolute Gasteiger partial charge is 0.0594 e.